The van der Waals surface area contributed by atoms with Gasteiger partial charge < -0.3 is 20.0 Å². The number of hydrogen-bond donors (Lipinski definition) is 2. The minimum atomic E-state index is -1.03. The summed E-state index contributed by atoms with van der Waals surface area (Å²) in [5.74, 6) is 0.0886. The molecule has 2 N–H and O–H groups in total. The van der Waals surface area contributed by atoms with Gasteiger partial charge in [0.25, 0.3) is 0 Å². The van der Waals surface area contributed by atoms with Crippen molar-refractivity contribution in [3.05, 3.63) is 129 Å². The van der Waals surface area contributed by atoms with Crippen LogP contribution in [0.3, 0.4) is 0 Å². The lowest BCUT2D eigenvalue weighted by molar-refractivity contribution is 0.00998. The summed E-state index contributed by atoms with van der Waals surface area (Å²) in [6.07, 6.45) is 5.65. The van der Waals surface area contributed by atoms with E-state index in [0.29, 0.717) is 10.0 Å². The molecule has 0 heterocycles. The zero-order valence-corrected chi connectivity index (χ0v) is 30.0. The lowest BCUT2D eigenvalue weighted by atomic mass is 9.74. The highest BCUT2D eigenvalue weighted by Crippen LogP contribution is 2.39. The van der Waals surface area contributed by atoms with Crippen molar-refractivity contribution < 1.29 is 10.2 Å². The molecule has 3 rings (SSSR count). The summed E-state index contributed by atoms with van der Waals surface area (Å²) < 4.78 is 0. The summed E-state index contributed by atoms with van der Waals surface area (Å²) in [5.41, 5.74) is 3.88. The van der Waals surface area contributed by atoms with Crippen molar-refractivity contribution in [2.45, 2.75) is 45.8 Å². The molecule has 0 aliphatic carbocycles. The van der Waals surface area contributed by atoms with Gasteiger partial charge in [0.2, 0.25) is 0 Å². The summed E-state index contributed by atoms with van der Waals surface area (Å²) in [5, 5.41) is 24.1. The van der Waals surface area contributed by atoms with E-state index in [1.165, 1.54) is 0 Å². The number of rotatable bonds is 12. The molecule has 0 aliphatic rings. The van der Waals surface area contributed by atoms with E-state index in [4.69, 9.17) is 23.2 Å². The van der Waals surface area contributed by atoms with Crippen LogP contribution in [-0.4, -0.2) is 66.9 Å². The Balaban J connectivity index is 0.000000322. The van der Waals surface area contributed by atoms with E-state index in [1.54, 1.807) is 6.08 Å². The molecule has 0 bridgehead atoms. The van der Waals surface area contributed by atoms with Crippen LogP contribution >= 0.6 is 23.2 Å². The Morgan fingerprint density at radius 3 is 1.58 bits per heavy atom. The summed E-state index contributed by atoms with van der Waals surface area (Å²) in [7, 11) is 8.07. The molecule has 4 nitrogen and oxygen atoms in total. The molecule has 4 unspecified atom stereocenters. The smallest absolute Gasteiger partial charge is 0.115 e. The fraction of sp³-hybridized carbons (Fsp3) is 0.385. The van der Waals surface area contributed by atoms with Gasteiger partial charge in [-0.1, -0.05) is 110 Å². The summed E-state index contributed by atoms with van der Waals surface area (Å²) >= 11 is 11.9. The highest BCUT2D eigenvalue weighted by Gasteiger charge is 2.38. The van der Waals surface area contributed by atoms with Crippen LogP contribution in [0.4, 0.5) is 0 Å². The van der Waals surface area contributed by atoms with E-state index >= 15 is 0 Å². The molecule has 244 valence electrons. The van der Waals surface area contributed by atoms with Crippen molar-refractivity contribution in [1.82, 2.24) is 9.80 Å². The molecule has 0 saturated carbocycles. The maximum atomic E-state index is 11.8. The fourth-order valence-electron chi connectivity index (χ4n) is 5.83. The first kappa shape index (κ1) is 38.5. The number of aryl methyl sites for hydroxylation is 1. The molecule has 0 spiro atoms. The highest BCUT2D eigenvalue weighted by atomic mass is 35.5. The van der Waals surface area contributed by atoms with Gasteiger partial charge >= 0.3 is 0 Å². The number of nitrogens with zero attached hydrogens (tertiary/aromatic N) is 2. The second kappa shape index (κ2) is 17.3. The van der Waals surface area contributed by atoms with Crippen molar-refractivity contribution >= 4 is 35.4 Å². The van der Waals surface area contributed by atoms with Gasteiger partial charge in [-0.25, -0.2) is 0 Å². The van der Waals surface area contributed by atoms with Crippen LogP contribution in [0.2, 0.25) is 10.0 Å². The first-order valence-corrected chi connectivity index (χ1v) is 16.1. The molecule has 0 aromatic heterocycles. The lowest BCUT2D eigenvalue weighted by Crippen LogP contribution is -2.40. The second-order valence-corrected chi connectivity index (χ2v) is 13.6. The number of aliphatic hydroxyl groups is 2. The molecule has 4 atom stereocenters. The number of benzene rings is 3. The fourth-order valence-corrected chi connectivity index (χ4v) is 6.08. The van der Waals surface area contributed by atoms with Crippen LogP contribution in [0.1, 0.15) is 49.9 Å². The van der Waals surface area contributed by atoms with E-state index in [1.807, 2.05) is 122 Å². The Bertz CT molecular complexity index is 1430. The van der Waals surface area contributed by atoms with Crippen LogP contribution in [0.5, 0.6) is 0 Å². The monoisotopic (exact) mass is 650 g/mol. The van der Waals surface area contributed by atoms with E-state index in [2.05, 4.69) is 42.4 Å². The molecule has 0 saturated heterocycles. The molecule has 0 amide bonds. The molecular formula is C39H52Cl2N2O2. The van der Waals surface area contributed by atoms with Gasteiger partial charge in [-0.3, -0.25) is 0 Å². The van der Waals surface area contributed by atoms with E-state index < -0.39 is 11.2 Å². The topological polar surface area (TPSA) is 46.9 Å². The Labute approximate surface area is 282 Å². The van der Waals surface area contributed by atoms with Gasteiger partial charge in [0.15, 0.2) is 0 Å². The molecule has 3 aromatic carbocycles. The van der Waals surface area contributed by atoms with Gasteiger partial charge in [-0.05, 0) is 107 Å². The first-order chi connectivity index (χ1) is 21.0. The lowest BCUT2D eigenvalue weighted by Gasteiger charge is -2.38. The third-order valence-corrected chi connectivity index (χ3v) is 8.85. The Morgan fingerprint density at radius 1 is 0.733 bits per heavy atom. The maximum Gasteiger partial charge on any atom is 0.115 e. The standard InChI is InChI=1S/C22H28ClNO.C17H24ClNO/c1-16-8-6-7-9-21(16)22(25,18(3)15-24(4)5)17(2)14-19-10-12-20(23)13-11-19;1-6-17(20,14(3)12-19(4)5)13(2)11-15-7-9-16(18)10-8-15/h6-14,18,25H,15H2,1-5H3;6-11,14,20H,1,12H2,2-5H3. The van der Waals surface area contributed by atoms with Gasteiger partial charge in [0.05, 0.1) is 0 Å². The first-order valence-electron chi connectivity index (χ1n) is 15.4. The SMILES string of the molecule is C=CC(O)(C(C)=Cc1ccc(Cl)cc1)C(C)CN(C)C.CC(=Cc1ccc(Cl)cc1)C(O)(c1ccccc1C)C(C)CN(C)C. The Kier molecular flexibility index (Phi) is 14.8. The molecule has 0 fully saturated rings. The van der Waals surface area contributed by atoms with Crippen molar-refractivity contribution in [3.63, 3.8) is 0 Å². The Hall–Kier alpha value is -2.70. The third-order valence-electron chi connectivity index (χ3n) is 8.35. The summed E-state index contributed by atoms with van der Waals surface area (Å²) in [6, 6.07) is 23.3. The minimum absolute atomic E-state index is 0.0344. The van der Waals surface area contributed by atoms with Crippen LogP contribution < -0.4 is 0 Å². The number of halogens is 2. The normalized spacial score (nSPS) is 16.3. The van der Waals surface area contributed by atoms with Crippen LogP contribution in [0, 0.1) is 18.8 Å². The van der Waals surface area contributed by atoms with Gasteiger partial charge in [0.1, 0.15) is 11.2 Å². The van der Waals surface area contributed by atoms with Crippen LogP contribution in [0.25, 0.3) is 12.2 Å². The Morgan fingerprint density at radius 2 is 1.16 bits per heavy atom. The molecular weight excluding hydrogens is 599 g/mol. The van der Waals surface area contributed by atoms with E-state index in [-0.39, 0.29) is 11.8 Å². The highest BCUT2D eigenvalue weighted by molar-refractivity contribution is 6.30. The average Bonchev–Trinajstić information content (AvgIpc) is 2.98. The molecule has 45 heavy (non-hydrogen) atoms. The second-order valence-electron chi connectivity index (χ2n) is 12.7. The van der Waals surface area contributed by atoms with Gasteiger partial charge in [0, 0.05) is 35.0 Å². The third kappa shape index (κ3) is 10.7. The quantitative estimate of drug-likeness (QED) is 0.192. The zero-order chi connectivity index (χ0) is 33.9. The van der Waals surface area contributed by atoms with E-state index in [0.717, 1.165) is 46.5 Å². The maximum absolute atomic E-state index is 11.8. The van der Waals surface area contributed by atoms with Gasteiger partial charge in [-0.15, -0.1) is 0 Å². The van der Waals surface area contributed by atoms with E-state index in [9.17, 15) is 10.2 Å². The molecule has 0 aliphatic heterocycles. The van der Waals surface area contributed by atoms with Crippen molar-refractivity contribution in [2.24, 2.45) is 11.8 Å². The van der Waals surface area contributed by atoms with Crippen molar-refractivity contribution in [3.8, 4) is 0 Å². The van der Waals surface area contributed by atoms with Gasteiger partial charge in [-0.2, -0.15) is 0 Å². The predicted octanol–water partition coefficient (Wildman–Crippen LogP) is 9.00. The number of hydrogen-bond acceptors (Lipinski definition) is 4. The zero-order valence-electron chi connectivity index (χ0n) is 28.5. The van der Waals surface area contributed by atoms with Crippen LogP contribution in [-0.2, 0) is 5.60 Å². The predicted molar refractivity (Wildman–Crippen MR) is 196 cm³/mol. The minimum Gasteiger partial charge on any atom is -0.381 e. The average molecular weight is 652 g/mol. The molecule has 6 heteroatoms. The van der Waals surface area contributed by atoms with Crippen molar-refractivity contribution in [1.29, 1.82) is 0 Å². The summed E-state index contributed by atoms with van der Waals surface area (Å²) in [6.45, 7) is 15.5. The van der Waals surface area contributed by atoms with Crippen molar-refractivity contribution in [2.75, 3.05) is 41.3 Å². The molecule has 3 aromatic rings. The largest absolute Gasteiger partial charge is 0.381 e. The molecule has 0 radical (unpaired) electrons. The van der Waals surface area contributed by atoms with Crippen LogP contribution in [0.15, 0.2) is 96.6 Å². The summed E-state index contributed by atoms with van der Waals surface area (Å²) in [4.78, 5) is 4.18.